The van der Waals surface area contributed by atoms with E-state index in [1.807, 2.05) is 6.92 Å². The normalized spacial score (nSPS) is 22.4. The second-order valence-corrected chi connectivity index (χ2v) is 11.7. The van der Waals surface area contributed by atoms with Crippen LogP contribution in [-0.2, 0) is 19.5 Å². The monoisotopic (exact) mass is 535 g/mol. The highest BCUT2D eigenvalue weighted by molar-refractivity contribution is 7.89. The first kappa shape index (κ1) is 28.1. The van der Waals surface area contributed by atoms with E-state index in [9.17, 15) is 12.8 Å². The van der Waals surface area contributed by atoms with Gasteiger partial charge in [0.05, 0.1) is 24.2 Å². The molecule has 2 aromatic carbocycles. The quantitative estimate of drug-likeness (QED) is 0.350. The molecule has 0 amide bonds. The molecule has 8 nitrogen and oxygen atoms in total. The summed E-state index contributed by atoms with van der Waals surface area (Å²) in [7, 11) is -3.85. The van der Waals surface area contributed by atoms with E-state index in [0.29, 0.717) is 31.7 Å². The Kier molecular flexibility index (Phi) is 10.1. The number of nitrogens with zero attached hydrogens (tertiary/aromatic N) is 3. The van der Waals surface area contributed by atoms with Crippen LogP contribution in [0.2, 0.25) is 0 Å². The molecule has 2 heterocycles. The summed E-state index contributed by atoms with van der Waals surface area (Å²) in [5, 5.41) is 9.08. The summed E-state index contributed by atoms with van der Waals surface area (Å²) < 4.78 is 54.9. The molecule has 2 atom stereocenters. The van der Waals surface area contributed by atoms with Crippen molar-refractivity contribution in [1.29, 1.82) is 0 Å². The largest absolute Gasteiger partial charge is 0.395 e. The topological polar surface area (TPSA) is 82.6 Å². The summed E-state index contributed by atoms with van der Waals surface area (Å²) in [5.74, 6) is -0.380. The Bertz CT molecular complexity index is 1090. The first-order valence-corrected chi connectivity index (χ1v) is 14.4. The summed E-state index contributed by atoms with van der Waals surface area (Å²) in [4.78, 5) is 4.63. The van der Waals surface area contributed by atoms with Gasteiger partial charge in [0.2, 0.25) is 10.0 Å². The molecule has 2 aliphatic rings. The van der Waals surface area contributed by atoms with Crippen molar-refractivity contribution < 1.29 is 27.4 Å². The van der Waals surface area contributed by atoms with E-state index in [4.69, 9.17) is 14.6 Å². The molecule has 2 saturated heterocycles. The fourth-order valence-corrected chi connectivity index (χ4v) is 6.97. The fraction of sp³-hybridized carbons (Fsp3) is 0.556. The molecule has 2 aromatic rings. The van der Waals surface area contributed by atoms with E-state index in [2.05, 4.69) is 9.80 Å². The van der Waals surface area contributed by atoms with Gasteiger partial charge in [-0.3, -0.25) is 9.80 Å². The maximum Gasteiger partial charge on any atom is 0.243 e. The minimum absolute atomic E-state index is 0.0659. The predicted molar refractivity (Wildman–Crippen MR) is 139 cm³/mol. The van der Waals surface area contributed by atoms with Crippen LogP contribution in [-0.4, -0.2) is 93.1 Å². The smallest absolute Gasteiger partial charge is 0.243 e. The zero-order valence-electron chi connectivity index (χ0n) is 21.5. The number of sulfonamides is 1. The molecule has 37 heavy (non-hydrogen) atoms. The van der Waals surface area contributed by atoms with E-state index in [1.165, 1.54) is 16.4 Å². The van der Waals surface area contributed by atoms with Crippen LogP contribution >= 0.6 is 0 Å². The van der Waals surface area contributed by atoms with Crippen molar-refractivity contribution >= 4 is 10.0 Å². The number of hydrogen-bond donors (Lipinski definition) is 1. The number of benzene rings is 2. The highest BCUT2D eigenvalue weighted by Gasteiger charge is 2.40. The average Bonchev–Trinajstić information content (AvgIpc) is 2.89. The molecule has 0 radical (unpaired) electrons. The second-order valence-electron chi connectivity index (χ2n) is 9.81. The average molecular weight is 536 g/mol. The van der Waals surface area contributed by atoms with Crippen molar-refractivity contribution in [2.45, 2.75) is 43.2 Å². The van der Waals surface area contributed by atoms with Gasteiger partial charge in [0.15, 0.2) is 0 Å². The molecular formula is C27H38FN3O5S. The molecule has 0 saturated carbocycles. The minimum atomic E-state index is -3.85. The van der Waals surface area contributed by atoms with Crippen LogP contribution in [0.5, 0.6) is 0 Å². The van der Waals surface area contributed by atoms with E-state index in [1.54, 1.807) is 36.4 Å². The second kappa shape index (κ2) is 13.2. The van der Waals surface area contributed by atoms with Crippen molar-refractivity contribution in [2.24, 2.45) is 0 Å². The molecular weight excluding hydrogens is 497 g/mol. The van der Waals surface area contributed by atoms with Crippen molar-refractivity contribution in [2.75, 3.05) is 59.5 Å². The maximum atomic E-state index is 14.1. The van der Waals surface area contributed by atoms with Gasteiger partial charge in [0, 0.05) is 38.8 Å². The number of ether oxygens (including phenoxy) is 2. The van der Waals surface area contributed by atoms with Gasteiger partial charge in [-0.1, -0.05) is 29.8 Å². The molecule has 4 rings (SSSR count). The number of aryl methyl sites for hydroxylation is 1. The lowest BCUT2D eigenvalue weighted by molar-refractivity contribution is -0.106. The fourth-order valence-electron chi connectivity index (χ4n) is 5.13. The molecule has 1 N–H and O–H groups in total. The number of aliphatic hydroxyl groups is 1. The Morgan fingerprint density at radius 3 is 2.43 bits per heavy atom. The third-order valence-corrected chi connectivity index (χ3v) is 9.12. The Hall–Kier alpha value is -1.92. The van der Waals surface area contributed by atoms with Gasteiger partial charge in [-0.15, -0.1) is 0 Å². The molecule has 10 heteroatoms. The Balaban J connectivity index is 1.41. The summed E-state index contributed by atoms with van der Waals surface area (Å²) in [6.45, 7) is 6.98. The Morgan fingerprint density at radius 2 is 1.73 bits per heavy atom. The van der Waals surface area contributed by atoms with E-state index >= 15 is 0 Å². The summed E-state index contributed by atoms with van der Waals surface area (Å²) in [6, 6.07) is 12.2. The highest BCUT2D eigenvalue weighted by Crippen LogP contribution is 2.39. The molecule has 0 aromatic heterocycles. The third kappa shape index (κ3) is 7.35. The predicted octanol–water partition coefficient (Wildman–Crippen LogP) is 2.98. The summed E-state index contributed by atoms with van der Waals surface area (Å²) >= 11 is 0. The van der Waals surface area contributed by atoms with Crippen LogP contribution in [0.4, 0.5) is 4.39 Å². The van der Waals surface area contributed by atoms with Crippen LogP contribution in [0.15, 0.2) is 53.4 Å². The number of halogens is 1. The van der Waals surface area contributed by atoms with Gasteiger partial charge < -0.3 is 14.6 Å². The van der Waals surface area contributed by atoms with Crippen molar-refractivity contribution in [3.05, 3.63) is 65.5 Å². The van der Waals surface area contributed by atoms with E-state index in [0.717, 1.165) is 38.2 Å². The molecule has 2 fully saturated rings. The summed E-state index contributed by atoms with van der Waals surface area (Å²) in [6.07, 6.45) is 2.08. The molecule has 0 aliphatic carbocycles. The van der Waals surface area contributed by atoms with E-state index in [-0.39, 0.29) is 36.8 Å². The number of piperazine rings is 1. The van der Waals surface area contributed by atoms with E-state index < -0.39 is 16.1 Å². The molecule has 0 bridgehead atoms. The number of aliphatic hydroxyl groups excluding tert-OH is 1. The number of rotatable bonds is 11. The molecule has 0 unspecified atom stereocenters. The van der Waals surface area contributed by atoms with Gasteiger partial charge in [0.1, 0.15) is 19.3 Å². The van der Waals surface area contributed by atoms with Crippen LogP contribution < -0.4 is 0 Å². The number of hydrogen-bond acceptors (Lipinski definition) is 7. The zero-order chi connectivity index (χ0) is 26.3. The number of piperidine rings is 1. The minimum Gasteiger partial charge on any atom is -0.395 e. The van der Waals surface area contributed by atoms with Crippen LogP contribution in [0, 0.1) is 12.7 Å². The van der Waals surface area contributed by atoms with Crippen molar-refractivity contribution in [3.8, 4) is 0 Å². The van der Waals surface area contributed by atoms with Gasteiger partial charge in [-0.2, -0.15) is 4.31 Å². The number of β-amino-alcohol motifs (C(OH)–C–C–N with tert-alkyl or cyclic N) is 1. The van der Waals surface area contributed by atoms with Gasteiger partial charge >= 0.3 is 0 Å². The lowest BCUT2D eigenvalue weighted by Gasteiger charge is -2.41. The van der Waals surface area contributed by atoms with Gasteiger partial charge in [-0.05, 0) is 56.0 Å². The molecule has 2 aliphatic heterocycles. The summed E-state index contributed by atoms with van der Waals surface area (Å²) in [5.41, 5.74) is 1.63. The molecule has 204 valence electrons. The first-order valence-electron chi connectivity index (χ1n) is 12.9. The zero-order valence-corrected chi connectivity index (χ0v) is 22.3. The first-order chi connectivity index (χ1) is 17.9. The SMILES string of the molecule is Cc1ccc(S(=O)(=O)N2[C@@H](COCOCN3CCN(CCO)CC3)CCC[C@H]2c2cccc(F)c2)cc1. The maximum absolute atomic E-state index is 14.1. The van der Waals surface area contributed by atoms with Crippen LogP contribution in [0.1, 0.15) is 36.4 Å². The van der Waals surface area contributed by atoms with Gasteiger partial charge in [0.25, 0.3) is 0 Å². The standard InChI is InChI=1S/C27H38FN3O5S/c1-22-8-10-26(11-9-22)37(33,34)31-25(6-3-7-27(31)23-4-2-5-24(28)18-23)19-35-21-36-20-30-14-12-29(13-15-30)16-17-32/h2,4-5,8-11,18,25,27,32H,3,6-7,12-17,19-21H2,1H3/t25-,27+/m1/s1. The highest BCUT2D eigenvalue weighted by atomic mass is 32.2. The van der Waals surface area contributed by atoms with Crippen molar-refractivity contribution in [1.82, 2.24) is 14.1 Å². The molecule has 0 spiro atoms. The van der Waals surface area contributed by atoms with Crippen LogP contribution in [0.3, 0.4) is 0 Å². The van der Waals surface area contributed by atoms with Crippen LogP contribution in [0.25, 0.3) is 0 Å². The lowest BCUT2D eigenvalue weighted by Crippen LogP contribution is -2.48. The Labute approximate surface area is 219 Å². The van der Waals surface area contributed by atoms with Gasteiger partial charge in [-0.25, -0.2) is 12.8 Å². The third-order valence-electron chi connectivity index (χ3n) is 7.14. The Morgan fingerprint density at radius 1 is 1.00 bits per heavy atom. The lowest BCUT2D eigenvalue weighted by atomic mass is 9.93. The van der Waals surface area contributed by atoms with Crippen molar-refractivity contribution in [3.63, 3.8) is 0 Å².